The van der Waals surface area contributed by atoms with E-state index in [0.29, 0.717) is 36.5 Å². The highest BCUT2D eigenvalue weighted by atomic mass is 16.5. The molecule has 2 heterocycles. The molecule has 0 spiro atoms. The average Bonchev–Trinajstić information content (AvgIpc) is 3.09. The highest BCUT2D eigenvalue weighted by Gasteiger charge is 2.46. The molecule has 0 amide bonds. The summed E-state index contributed by atoms with van der Waals surface area (Å²) in [6, 6.07) is -0.137. The quantitative estimate of drug-likeness (QED) is 0.685. The van der Waals surface area contributed by atoms with Gasteiger partial charge in [-0.25, -0.2) is 4.98 Å². The van der Waals surface area contributed by atoms with E-state index < -0.39 is 11.5 Å². The first kappa shape index (κ1) is 15.5. The van der Waals surface area contributed by atoms with Gasteiger partial charge in [-0.2, -0.15) is 9.97 Å². The van der Waals surface area contributed by atoms with E-state index >= 15 is 0 Å². The number of aromatic nitrogens is 4. The van der Waals surface area contributed by atoms with Crippen LogP contribution in [0.4, 0.5) is 5.95 Å². The summed E-state index contributed by atoms with van der Waals surface area (Å²) in [5, 5.41) is 19.8. The van der Waals surface area contributed by atoms with Crippen molar-refractivity contribution in [1.82, 2.24) is 19.5 Å². The van der Waals surface area contributed by atoms with Crippen molar-refractivity contribution in [3.8, 4) is 18.2 Å². The number of aliphatic hydroxyl groups excluding tert-OH is 2. The van der Waals surface area contributed by atoms with E-state index in [-0.39, 0.29) is 18.6 Å². The maximum absolute atomic E-state index is 10.3. The Bertz CT molecular complexity index is 768. The van der Waals surface area contributed by atoms with Gasteiger partial charge in [0, 0.05) is 6.04 Å². The predicted molar refractivity (Wildman–Crippen MR) is 83.5 cm³/mol. The number of fused-ring (bicyclic) bond motifs is 1. The fourth-order valence-electron chi connectivity index (χ4n) is 3.12. The van der Waals surface area contributed by atoms with Gasteiger partial charge in [0.2, 0.25) is 11.8 Å². The topological polar surface area (TPSA) is 119 Å². The van der Waals surface area contributed by atoms with E-state index in [0.717, 1.165) is 0 Å². The van der Waals surface area contributed by atoms with Gasteiger partial charge in [0.1, 0.15) is 0 Å². The molecule has 0 aliphatic heterocycles. The minimum atomic E-state index is -0.942. The lowest BCUT2D eigenvalue weighted by Gasteiger charge is -2.23. The lowest BCUT2D eigenvalue weighted by Crippen LogP contribution is -2.31. The first-order valence-corrected chi connectivity index (χ1v) is 7.44. The zero-order valence-corrected chi connectivity index (χ0v) is 12.8. The van der Waals surface area contributed by atoms with Crippen LogP contribution in [0.25, 0.3) is 11.2 Å². The van der Waals surface area contributed by atoms with Crippen LogP contribution >= 0.6 is 0 Å². The molecular weight excluding hydrogens is 298 g/mol. The molecule has 4 N–H and O–H groups in total. The first-order valence-electron chi connectivity index (χ1n) is 7.44. The molecule has 8 nitrogen and oxygen atoms in total. The Balaban J connectivity index is 2.04. The van der Waals surface area contributed by atoms with E-state index in [1.807, 2.05) is 11.5 Å². The van der Waals surface area contributed by atoms with Crippen LogP contribution in [0.15, 0.2) is 6.33 Å². The van der Waals surface area contributed by atoms with Gasteiger partial charge < -0.3 is 25.3 Å². The summed E-state index contributed by atoms with van der Waals surface area (Å²) in [5.41, 5.74) is 5.85. The Labute approximate surface area is 133 Å². The Hall–Kier alpha value is -2.37. The van der Waals surface area contributed by atoms with Crippen LogP contribution in [0.2, 0.25) is 0 Å². The van der Waals surface area contributed by atoms with Crippen molar-refractivity contribution in [2.45, 2.75) is 31.9 Å². The number of hydrogen-bond acceptors (Lipinski definition) is 7. The standard InChI is InChI=1S/C15H19N5O3/c1-3-15(7-21)6-9(5-10(15)22)20-8-17-11-12(20)18-14(16)19-13(11)23-4-2/h1,8-10,21-22H,4-7H2,2H3,(H2,16,18,19)/t9-,10-,15+/m0/s1. The van der Waals surface area contributed by atoms with E-state index in [9.17, 15) is 10.2 Å². The fraction of sp³-hybridized carbons (Fsp3) is 0.533. The number of aliphatic hydroxyl groups is 2. The van der Waals surface area contributed by atoms with Gasteiger partial charge in [0.15, 0.2) is 11.2 Å². The predicted octanol–water partition coefficient (Wildman–Crippen LogP) is 0.115. The molecule has 3 rings (SSSR count). The fourth-order valence-corrected chi connectivity index (χ4v) is 3.12. The van der Waals surface area contributed by atoms with Crippen LogP contribution in [-0.2, 0) is 0 Å². The number of nitrogens with zero attached hydrogens (tertiary/aromatic N) is 4. The van der Waals surface area contributed by atoms with Crippen molar-refractivity contribution in [1.29, 1.82) is 0 Å². The SMILES string of the molecule is C#C[C@]1(CO)C[C@@H](n2cnc3c(OCC)nc(N)nc32)C[C@@H]1O. The minimum Gasteiger partial charge on any atom is -0.476 e. The van der Waals surface area contributed by atoms with E-state index in [4.69, 9.17) is 16.9 Å². The number of terminal acetylenes is 1. The third-order valence-corrected chi connectivity index (χ3v) is 4.38. The van der Waals surface area contributed by atoms with E-state index in [1.54, 1.807) is 6.33 Å². The number of nitrogen functional groups attached to an aromatic ring is 1. The number of ether oxygens (including phenoxy) is 1. The Kier molecular flexibility index (Phi) is 3.83. The molecule has 2 aromatic heterocycles. The molecule has 0 bridgehead atoms. The van der Waals surface area contributed by atoms with Crippen LogP contribution < -0.4 is 10.5 Å². The van der Waals surface area contributed by atoms with Gasteiger partial charge in [0.05, 0.1) is 31.1 Å². The molecule has 1 fully saturated rings. The summed E-state index contributed by atoms with van der Waals surface area (Å²) in [5.74, 6) is 2.96. The zero-order valence-electron chi connectivity index (χ0n) is 12.8. The normalized spacial score (nSPS) is 27.2. The smallest absolute Gasteiger partial charge is 0.247 e. The largest absolute Gasteiger partial charge is 0.476 e. The molecule has 0 radical (unpaired) electrons. The molecule has 0 unspecified atom stereocenters. The van der Waals surface area contributed by atoms with Crippen molar-refractivity contribution >= 4 is 17.1 Å². The molecule has 0 saturated heterocycles. The lowest BCUT2D eigenvalue weighted by atomic mass is 9.86. The molecular formula is C15H19N5O3. The number of anilines is 1. The third-order valence-electron chi connectivity index (χ3n) is 4.38. The highest BCUT2D eigenvalue weighted by molar-refractivity contribution is 5.77. The van der Waals surface area contributed by atoms with Gasteiger partial charge in [-0.1, -0.05) is 5.92 Å². The van der Waals surface area contributed by atoms with Crippen molar-refractivity contribution in [3.05, 3.63) is 6.33 Å². The molecule has 3 atom stereocenters. The molecule has 1 aliphatic rings. The molecule has 0 aromatic carbocycles. The maximum atomic E-state index is 10.3. The summed E-state index contributed by atoms with van der Waals surface area (Å²) in [7, 11) is 0. The second-order valence-corrected chi connectivity index (χ2v) is 5.71. The highest BCUT2D eigenvalue weighted by Crippen LogP contribution is 2.44. The van der Waals surface area contributed by atoms with Crippen LogP contribution in [0.5, 0.6) is 5.88 Å². The monoisotopic (exact) mass is 317 g/mol. The summed E-state index contributed by atoms with van der Waals surface area (Å²) in [6.07, 6.45) is 7.19. The number of nitrogens with two attached hydrogens (primary N) is 1. The van der Waals surface area contributed by atoms with Crippen LogP contribution in [-0.4, -0.2) is 49.0 Å². The minimum absolute atomic E-state index is 0.0895. The first-order chi connectivity index (χ1) is 11.0. The summed E-state index contributed by atoms with van der Waals surface area (Å²) >= 11 is 0. The lowest BCUT2D eigenvalue weighted by molar-refractivity contribution is 0.0475. The Morgan fingerprint density at radius 1 is 1.57 bits per heavy atom. The van der Waals surface area contributed by atoms with Crippen molar-refractivity contribution < 1.29 is 14.9 Å². The van der Waals surface area contributed by atoms with Crippen LogP contribution in [0, 0.1) is 17.8 Å². The molecule has 1 aliphatic carbocycles. The third kappa shape index (κ3) is 2.38. The molecule has 23 heavy (non-hydrogen) atoms. The Morgan fingerprint density at radius 2 is 2.35 bits per heavy atom. The van der Waals surface area contributed by atoms with E-state index in [2.05, 4.69) is 20.9 Å². The van der Waals surface area contributed by atoms with Crippen molar-refractivity contribution in [2.75, 3.05) is 18.9 Å². The second kappa shape index (κ2) is 5.68. The van der Waals surface area contributed by atoms with E-state index in [1.165, 1.54) is 0 Å². The Morgan fingerprint density at radius 3 is 2.96 bits per heavy atom. The number of rotatable bonds is 4. The molecule has 8 heteroatoms. The molecule has 2 aromatic rings. The second-order valence-electron chi connectivity index (χ2n) is 5.71. The molecule has 122 valence electrons. The number of hydrogen-bond donors (Lipinski definition) is 3. The van der Waals surface area contributed by atoms with Crippen molar-refractivity contribution in [3.63, 3.8) is 0 Å². The number of imidazole rings is 1. The summed E-state index contributed by atoms with van der Waals surface area (Å²) < 4.78 is 7.27. The van der Waals surface area contributed by atoms with Crippen LogP contribution in [0.1, 0.15) is 25.8 Å². The summed E-state index contributed by atoms with van der Waals surface area (Å²) in [6.45, 7) is 2.01. The van der Waals surface area contributed by atoms with Gasteiger partial charge in [-0.15, -0.1) is 6.42 Å². The van der Waals surface area contributed by atoms with Gasteiger partial charge in [-0.05, 0) is 19.8 Å². The van der Waals surface area contributed by atoms with Gasteiger partial charge in [-0.3, -0.25) is 0 Å². The van der Waals surface area contributed by atoms with Gasteiger partial charge in [0.25, 0.3) is 0 Å². The molecule has 1 saturated carbocycles. The maximum Gasteiger partial charge on any atom is 0.247 e. The van der Waals surface area contributed by atoms with Gasteiger partial charge >= 0.3 is 0 Å². The zero-order chi connectivity index (χ0) is 16.6. The average molecular weight is 317 g/mol. The van der Waals surface area contributed by atoms with Crippen LogP contribution in [0.3, 0.4) is 0 Å². The van der Waals surface area contributed by atoms with Crippen molar-refractivity contribution in [2.24, 2.45) is 5.41 Å². The summed E-state index contributed by atoms with van der Waals surface area (Å²) in [4.78, 5) is 12.6.